The van der Waals surface area contributed by atoms with Crippen molar-refractivity contribution in [3.8, 4) is 0 Å². The van der Waals surface area contributed by atoms with Crippen LogP contribution in [0.2, 0.25) is 0 Å². The van der Waals surface area contributed by atoms with Gasteiger partial charge in [0.05, 0.1) is 0 Å². The number of hydrogen-bond donors (Lipinski definition) is 2. The highest BCUT2D eigenvalue weighted by atomic mass is 15.3. The van der Waals surface area contributed by atoms with Crippen LogP contribution in [-0.2, 0) is 19.4 Å². The van der Waals surface area contributed by atoms with Gasteiger partial charge in [0.25, 0.3) is 0 Å². The van der Waals surface area contributed by atoms with Crippen LogP contribution in [0.5, 0.6) is 0 Å². The number of benzene rings is 1. The van der Waals surface area contributed by atoms with E-state index in [1.807, 2.05) is 28.8 Å². The number of nitrogens with two attached hydrogens (primary N) is 1. The Balaban J connectivity index is 1.52. The molecule has 0 aliphatic heterocycles. The van der Waals surface area contributed by atoms with Gasteiger partial charge in [0.15, 0.2) is 17.4 Å². The number of aliphatic imine (C=N–C) groups is 1. The molecule has 0 bridgehead atoms. The Bertz CT molecular complexity index is 895. The zero-order valence-corrected chi connectivity index (χ0v) is 13.4. The minimum atomic E-state index is 0.388. The van der Waals surface area contributed by atoms with Crippen molar-refractivity contribution in [2.75, 3.05) is 5.32 Å². The van der Waals surface area contributed by atoms with Crippen LogP contribution in [0.4, 0.5) is 5.69 Å². The largest absolute Gasteiger partial charge is 0.370 e. The number of fused-ring (bicyclic) bond motifs is 2. The first-order chi connectivity index (χ1) is 11.8. The standard InChI is InChI=1S/C18H20N6/c19-18(20-12-17-23-22-16-10-3-4-11-24(16)17)21-15-9-5-7-13-6-1-2-8-14(13)15/h3-5,7,9-11H,1-2,6,8,12H2,(H3,19,20,21). The maximum Gasteiger partial charge on any atom is 0.193 e. The molecule has 1 aliphatic carbocycles. The summed E-state index contributed by atoms with van der Waals surface area (Å²) in [6.45, 7) is 0.388. The van der Waals surface area contributed by atoms with E-state index < -0.39 is 0 Å². The molecule has 4 rings (SSSR count). The highest BCUT2D eigenvalue weighted by Gasteiger charge is 2.13. The molecule has 3 aromatic rings. The molecule has 2 heterocycles. The predicted octanol–water partition coefficient (Wildman–Crippen LogP) is 2.53. The summed E-state index contributed by atoms with van der Waals surface area (Å²) in [4.78, 5) is 4.42. The van der Waals surface area contributed by atoms with E-state index in [-0.39, 0.29) is 0 Å². The van der Waals surface area contributed by atoms with Gasteiger partial charge in [-0.05, 0) is 55.0 Å². The average Bonchev–Trinajstić information content (AvgIpc) is 3.04. The summed E-state index contributed by atoms with van der Waals surface area (Å²) in [7, 11) is 0. The summed E-state index contributed by atoms with van der Waals surface area (Å²) < 4.78 is 1.92. The van der Waals surface area contributed by atoms with E-state index in [4.69, 9.17) is 5.73 Å². The second-order valence-electron chi connectivity index (χ2n) is 6.02. The highest BCUT2D eigenvalue weighted by molar-refractivity contribution is 5.93. The molecule has 0 atom stereocenters. The number of aryl methyl sites for hydroxylation is 1. The number of hydrogen-bond acceptors (Lipinski definition) is 3. The fourth-order valence-electron chi connectivity index (χ4n) is 3.23. The van der Waals surface area contributed by atoms with Gasteiger partial charge >= 0.3 is 0 Å². The Hall–Kier alpha value is -2.89. The van der Waals surface area contributed by atoms with Crippen molar-refractivity contribution in [1.29, 1.82) is 0 Å². The van der Waals surface area contributed by atoms with Crippen molar-refractivity contribution >= 4 is 17.3 Å². The van der Waals surface area contributed by atoms with Crippen molar-refractivity contribution in [1.82, 2.24) is 14.6 Å². The van der Waals surface area contributed by atoms with Crippen LogP contribution in [0.3, 0.4) is 0 Å². The molecular weight excluding hydrogens is 300 g/mol. The van der Waals surface area contributed by atoms with Gasteiger partial charge in [0, 0.05) is 11.9 Å². The molecule has 2 aromatic heterocycles. The number of aromatic nitrogens is 3. The Labute approximate surface area is 140 Å². The number of guanidine groups is 1. The van der Waals surface area contributed by atoms with Gasteiger partial charge in [-0.1, -0.05) is 18.2 Å². The van der Waals surface area contributed by atoms with Gasteiger partial charge in [0.2, 0.25) is 0 Å². The summed E-state index contributed by atoms with van der Waals surface area (Å²) in [6, 6.07) is 12.1. The number of anilines is 1. The third kappa shape index (κ3) is 2.82. The maximum absolute atomic E-state index is 6.08. The second kappa shape index (κ2) is 6.31. The summed E-state index contributed by atoms with van der Waals surface area (Å²) in [6.07, 6.45) is 6.67. The number of pyridine rings is 1. The average molecular weight is 320 g/mol. The Morgan fingerprint density at radius 1 is 1.12 bits per heavy atom. The molecule has 1 aromatic carbocycles. The molecule has 1 aliphatic rings. The first kappa shape index (κ1) is 14.7. The first-order valence-electron chi connectivity index (χ1n) is 8.27. The quantitative estimate of drug-likeness (QED) is 0.574. The molecule has 122 valence electrons. The van der Waals surface area contributed by atoms with E-state index in [1.54, 1.807) is 0 Å². The highest BCUT2D eigenvalue weighted by Crippen LogP contribution is 2.27. The lowest BCUT2D eigenvalue weighted by molar-refractivity contribution is 0.687. The van der Waals surface area contributed by atoms with Crippen LogP contribution in [0, 0.1) is 0 Å². The number of nitrogens with one attached hydrogen (secondary N) is 1. The van der Waals surface area contributed by atoms with Crippen molar-refractivity contribution in [3.63, 3.8) is 0 Å². The van der Waals surface area contributed by atoms with Gasteiger partial charge in [-0.15, -0.1) is 10.2 Å². The Kier molecular flexibility index (Phi) is 3.86. The van der Waals surface area contributed by atoms with E-state index in [2.05, 4.69) is 38.7 Å². The zero-order chi connectivity index (χ0) is 16.4. The van der Waals surface area contributed by atoms with Crippen molar-refractivity contribution < 1.29 is 0 Å². The smallest absolute Gasteiger partial charge is 0.193 e. The van der Waals surface area contributed by atoms with Gasteiger partial charge in [0.1, 0.15) is 6.54 Å². The van der Waals surface area contributed by atoms with Crippen LogP contribution in [-0.4, -0.2) is 20.6 Å². The van der Waals surface area contributed by atoms with Crippen molar-refractivity contribution in [2.24, 2.45) is 10.7 Å². The fraction of sp³-hybridized carbons (Fsp3) is 0.278. The minimum Gasteiger partial charge on any atom is -0.370 e. The van der Waals surface area contributed by atoms with Gasteiger partial charge in [-0.2, -0.15) is 0 Å². The Morgan fingerprint density at radius 3 is 3.00 bits per heavy atom. The van der Waals surface area contributed by atoms with Crippen molar-refractivity contribution in [2.45, 2.75) is 32.2 Å². The Morgan fingerprint density at radius 2 is 2.04 bits per heavy atom. The molecule has 0 unspecified atom stereocenters. The fourth-order valence-corrected chi connectivity index (χ4v) is 3.23. The lowest BCUT2D eigenvalue weighted by Crippen LogP contribution is -2.24. The lowest BCUT2D eigenvalue weighted by atomic mass is 9.90. The molecule has 0 saturated heterocycles. The number of rotatable bonds is 3. The predicted molar refractivity (Wildman–Crippen MR) is 95.0 cm³/mol. The van der Waals surface area contributed by atoms with Crippen LogP contribution in [0.15, 0.2) is 47.6 Å². The SMILES string of the molecule is NC(=NCc1nnc2ccccn12)Nc1cccc2c1CCCC2. The normalized spacial score (nSPS) is 14.6. The van der Waals surface area contributed by atoms with E-state index >= 15 is 0 Å². The summed E-state index contributed by atoms with van der Waals surface area (Å²) in [5.41, 5.74) is 10.8. The number of nitrogens with zero attached hydrogens (tertiary/aromatic N) is 4. The molecule has 0 spiro atoms. The van der Waals surface area contributed by atoms with E-state index in [1.165, 1.54) is 24.0 Å². The third-order valence-corrected chi connectivity index (χ3v) is 4.43. The lowest BCUT2D eigenvalue weighted by Gasteiger charge is -2.19. The first-order valence-corrected chi connectivity index (χ1v) is 8.27. The van der Waals surface area contributed by atoms with E-state index in [9.17, 15) is 0 Å². The van der Waals surface area contributed by atoms with Gasteiger partial charge in [-0.3, -0.25) is 4.40 Å². The zero-order valence-electron chi connectivity index (χ0n) is 13.4. The van der Waals surface area contributed by atoms with E-state index in [0.717, 1.165) is 30.0 Å². The van der Waals surface area contributed by atoms with Crippen molar-refractivity contribution in [3.05, 3.63) is 59.5 Å². The maximum atomic E-state index is 6.08. The van der Waals surface area contributed by atoms with Crippen LogP contribution in [0.1, 0.15) is 29.8 Å². The molecule has 3 N–H and O–H groups in total. The van der Waals surface area contributed by atoms with Gasteiger partial charge in [-0.25, -0.2) is 4.99 Å². The molecule has 0 saturated carbocycles. The minimum absolute atomic E-state index is 0.388. The molecule has 6 nitrogen and oxygen atoms in total. The van der Waals surface area contributed by atoms with E-state index in [0.29, 0.717) is 12.5 Å². The summed E-state index contributed by atoms with van der Waals surface area (Å²) in [5, 5.41) is 11.5. The molecule has 6 heteroatoms. The second-order valence-corrected chi connectivity index (χ2v) is 6.02. The molecule has 0 fully saturated rings. The van der Waals surface area contributed by atoms with Crippen LogP contribution in [0.25, 0.3) is 5.65 Å². The topological polar surface area (TPSA) is 80.6 Å². The summed E-state index contributed by atoms with van der Waals surface area (Å²) in [5.74, 6) is 1.17. The monoisotopic (exact) mass is 320 g/mol. The third-order valence-electron chi connectivity index (χ3n) is 4.43. The van der Waals surface area contributed by atoms with Crippen LogP contribution < -0.4 is 11.1 Å². The molecule has 0 amide bonds. The molecular formula is C18H20N6. The van der Waals surface area contributed by atoms with Crippen LogP contribution >= 0.6 is 0 Å². The molecule has 0 radical (unpaired) electrons. The molecule has 24 heavy (non-hydrogen) atoms. The summed E-state index contributed by atoms with van der Waals surface area (Å²) >= 11 is 0. The van der Waals surface area contributed by atoms with Gasteiger partial charge < -0.3 is 11.1 Å².